The molecule has 0 aromatic heterocycles. The number of hydrogen-bond acceptors (Lipinski definition) is 1. The molecule has 0 aliphatic carbocycles. The molecule has 0 fully saturated rings. The second-order valence-electron chi connectivity index (χ2n) is 1.91. The van der Waals surface area contributed by atoms with E-state index in [1.807, 2.05) is 0 Å². The van der Waals surface area contributed by atoms with Crippen molar-refractivity contribution in [1.29, 1.82) is 0 Å². The zero-order valence-electron chi connectivity index (χ0n) is 5.90. The third kappa shape index (κ3) is 7.48. The summed E-state index contributed by atoms with van der Waals surface area (Å²) < 4.78 is 5.09. The molecule has 11 heavy (non-hydrogen) atoms. The zero-order valence-corrected chi connectivity index (χ0v) is 8.93. The molecule has 0 aliphatic heterocycles. The van der Waals surface area contributed by atoms with E-state index in [4.69, 9.17) is 51.1 Å². The first kappa shape index (κ1) is 12.1. The van der Waals surface area contributed by atoms with Crippen molar-refractivity contribution < 1.29 is 4.74 Å². The molecule has 0 rings (SSSR count). The lowest BCUT2D eigenvalue weighted by Crippen LogP contribution is -2.13. The summed E-state index contributed by atoms with van der Waals surface area (Å²) >= 11 is 22.2. The number of hydrogen-bond donors (Lipinski definition) is 0. The van der Waals surface area contributed by atoms with Crippen LogP contribution < -0.4 is 0 Å². The summed E-state index contributed by atoms with van der Waals surface area (Å²) in [6.07, 6.45) is 1.18. The quantitative estimate of drug-likeness (QED) is 0.646. The number of ether oxygens (including phenoxy) is 1. The van der Waals surface area contributed by atoms with Gasteiger partial charge in [0, 0.05) is 24.6 Å². The Morgan fingerprint density at radius 1 is 0.909 bits per heavy atom. The molecular formula is C6H10Cl4O. The first-order chi connectivity index (χ1) is 5.20. The first-order valence-corrected chi connectivity index (χ1v) is 5.20. The second kappa shape index (κ2) is 7.75. The van der Waals surface area contributed by atoms with Crippen molar-refractivity contribution in [1.82, 2.24) is 0 Å². The van der Waals surface area contributed by atoms with E-state index in [1.54, 1.807) is 0 Å². The van der Waals surface area contributed by atoms with Crippen LogP contribution in [0.25, 0.3) is 0 Å². The van der Waals surface area contributed by atoms with Crippen molar-refractivity contribution in [3.05, 3.63) is 0 Å². The molecule has 0 spiro atoms. The lowest BCUT2D eigenvalue weighted by molar-refractivity contribution is 0.0788. The van der Waals surface area contributed by atoms with Gasteiger partial charge in [0.05, 0.1) is 0 Å². The van der Waals surface area contributed by atoms with Gasteiger partial charge in [-0.3, -0.25) is 0 Å². The van der Waals surface area contributed by atoms with Crippen molar-refractivity contribution in [3.8, 4) is 0 Å². The fourth-order valence-electron chi connectivity index (χ4n) is 0.468. The summed E-state index contributed by atoms with van der Waals surface area (Å²) in [5, 5.41) is 0. The fraction of sp³-hybridized carbons (Fsp3) is 1.00. The van der Waals surface area contributed by atoms with Crippen molar-refractivity contribution in [3.63, 3.8) is 0 Å². The van der Waals surface area contributed by atoms with Crippen LogP contribution in [0.5, 0.6) is 0 Å². The molecule has 0 aliphatic rings. The van der Waals surface area contributed by atoms with Crippen molar-refractivity contribution in [2.75, 3.05) is 11.8 Å². The van der Waals surface area contributed by atoms with Crippen LogP contribution >= 0.6 is 46.4 Å². The molecule has 0 amide bonds. The molecule has 0 aromatic carbocycles. The minimum atomic E-state index is -0.404. The molecule has 0 heterocycles. The van der Waals surface area contributed by atoms with Gasteiger partial charge in [-0.1, -0.05) is 23.2 Å². The van der Waals surface area contributed by atoms with Gasteiger partial charge in [0.2, 0.25) is 0 Å². The van der Waals surface area contributed by atoms with Gasteiger partial charge in [-0.15, -0.1) is 23.2 Å². The molecule has 68 valence electrons. The van der Waals surface area contributed by atoms with E-state index in [2.05, 4.69) is 0 Å². The molecule has 0 bridgehead atoms. The van der Waals surface area contributed by atoms with Crippen LogP contribution in [0.3, 0.4) is 0 Å². The van der Waals surface area contributed by atoms with Gasteiger partial charge in [0.15, 0.2) is 0 Å². The fourth-order valence-corrected chi connectivity index (χ4v) is 1.61. The summed E-state index contributed by atoms with van der Waals surface area (Å²) in [5.74, 6) is 0.942. The summed E-state index contributed by atoms with van der Waals surface area (Å²) in [5.41, 5.74) is -0.809. The lowest BCUT2D eigenvalue weighted by atomic mass is 10.5. The summed E-state index contributed by atoms with van der Waals surface area (Å²) in [4.78, 5) is 0. The van der Waals surface area contributed by atoms with E-state index in [1.165, 1.54) is 0 Å². The van der Waals surface area contributed by atoms with Crippen LogP contribution in [0, 0.1) is 0 Å². The van der Waals surface area contributed by atoms with E-state index in [9.17, 15) is 0 Å². The maximum Gasteiger partial charge on any atom is 0.134 e. The van der Waals surface area contributed by atoms with Crippen LogP contribution in [0.15, 0.2) is 0 Å². The van der Waals surface area contributed by atoms with Crippen LogP contribution in [0.1, 0.15) is 12.8 Å². The molecule has 0 saturated carbocycles. The largest absolute Gasteiger partial charge is 0.343 e. The Morgan fingerprint density at radius 3 is 1.55 bits per heavy atom. The van der Waals surface area contributed by atoms with E-state index < -0.39 is 11.1 Å². The average Bonchev–Trinajstić information content (AvgIpc) is 1.87. The Kier molecular flexibility index (Phi) is 8.54. The zero-order chi connectivity index (χ0) is 8.69. The predicted molar refractivity (Wildman–Crippen MR) is 51.0 cm³/mol. The van der Waals surface area contributed by atoms with E-state index in [0.717, 1.165) is 0 Å². The Hall–Kier alpha value is 1.12. The molecule has 1 nitrogen and oxygen atoms in total. The van der Waals surface area contributed by atoms with E-state index >= 15 is 0 Å². The Morgan fingerprint density at radius 2 is 1.27 bits per heavy atom. The van der Waals surface area contributed by atoms with Crippen molar-refractivity contribution in [2.24, 2.45) is 0 Å². The van der Waals surface area contributed by atoms with Gasteiger partial charge >= 0.3 is 0 Å². The maximum absolute atomic E-state index is 5.68. The monoisotopic (exact) mass is 238 g/mol. The molecule has 0 saturated heterocycles. The number of halogens is 4. The maximum atomic E-state index is 5.68. The predicted octanol–water partition coefficient (Wildman–Crippen LogP) is 3.39. The van der Waals surface area contributed by atoms with Gasteiger partial charge < -0.3 is 4.74 Å². The van der Waals surface area contributed by atoms with Crippen LogP contribution in [0.2, 0.25) is 0 Å². The summed E-state index contributed by atoms with van der Waals surface area (Å²) in [7, 11) is 0. The van der Waals surface area contributed by atoms with Gasteiger partial charge in [0.25, 0.3) is 0 Å². The summed E-state index contributed by atoms with van der Waals surface area (Å²) in [6.45, 7) is 0. The SMILES string of the molecule is ClCCC(Cl)OC(Cl)CCCl. The number of alkyl halides is 4. The van der Waals surface area contributed by atoms with Crippen molar-refractivity contribution in [2.45, 2.75) is 24.0 Å². The Bertz CT molecular complexity index is 80.7. The molecule has 0 N–H and O–H groups in total. The second-order valence-corrected chi connectivity index (χ2v) is 3.64. The highest BCUT2D eigenvalue weighted by Crippen LogP contribution is 2.14. The average molecular weight is 240 g/mol. The van der Waals surface area contributed by atoms with Crippen molar-refractivity contribution >= 4 is 46.4 Å². The first-order valence-electron chi connectivity index (χ1n) is 3.26. The Balaban J connectivity index is 3.32. The Labute approximate surface area is 86.9 Å². The molecule has 2 unspecified atom stereocenters. The third-order valence-electron chi connectivity index (χ3n) is 0.967. The molecule has 2 atom stereocenters. The van der Waals surface area contributed by atoms with Gasteiger partial charge in [-0.2, -0.15) is 0 Å². The van der Waals surface area contributed by atoms with E-state index in [0.29, 0.717) is 24.6 Å². The molecule has 0 radical (unpaired) electrons. The lowest BCUT2D eigenvalue weighted by Gasteiger charge is -2.13. The normalized spacial score (nSPS) is 16.4. The van der Waals surface area contributed by atoms with Crippen LogP contribution in [-0.2, 0) is 4.74 Å². The van der Waals surface area contributed by atoms with Gasteiger partial charge in [-0.25, -0.2) is 0 Å². The summed E-state index contributed by atoms with van der Waals surface area (Å²) in [6, 6.07) is 0. The topological polar surface area (TPSA) is 9.23 Å². The highest BCUT2D eigenvalue weighted by molar-refractivity contribution is 6.23. The highest BCUT2D eigenvalue weighted by Gasteiger charge is 2.10. The van der Waals surface area contributed by atoms with Crippen LogP contribution in [-0.4, -0.2) is 22.9 Å². The smallest absolute Gasteiger partial charge is 0.134 e. The minimum absolute atomic E-state index is 0.404. The third-order valence-corrected chi connectivity index (χ3v) is 2.05. The molecule has 0 aromatic rings. The van der Waals surface area contributed by atoms with E-state index in [-0.39, 0.29) is 0 Å². The molecule has 5 heteroatoms. The highest BCUT2D eigenvalue weighted by atomic mass is 35.5. The van der Waals surface area contributed by atoms with Gasteiger partial charge in [-0.05, 0) is 0 Å². The minimum Gasteiger partial charge on any atom is -0.343 e. The van der Waals surface area contributed by atoms with Crippen LogP contribution in [0.4, 0.5) is 0 Å². The number of rotatable bonds is 6. The standard InChI is InChI=1S/C6H10Cl4O/c7-3-1-5(9)11-6(10)2-4-8/h5-6H,1-4H2. The molecular weight excluding hydrogens is 230 g/mol. The van der Waals surface area contributed by atoms with Gasteiger partial charge in [0.1, 0.15) is 11.1 Å².